The van der Waals surface area contributed by atoms with Crippen molar-refractivity contribution in [2.45, 2.75) is 31.7 Å². The predicted molar refractivity (Wildman–Crippen MR) is 130 cm³/mol. The monoisotopic (exact) mass is 491 g/mol. The molecule has 0 bridgehead atoms. The van der Waals surface area contributed by atoms with Crippen LogP contribution in [0.1, 0.15) is 57.0 Å². The van der Waals surface area contributed by atoms with Gasteiger partial charge in [0, 0.05) is 42.4 Å². The lowest BCUT2D eigenvalue weighted by Crippen LogP contribution is -2.44. The summed E-state index contributed by atoms with van der Waals surface area (Å²) in [5, 5.41) is 13.6. The van der Waals surface area contributed by atoms with Crippen LogP contribution in [0.3, 0.4) is 0 Å². The molecule has 1 saturated heterocycles. The van der Waals surface area contributed by atoms with Crippen molar-refractivity contribution >= 4 is 29.2 Å². The van der Waals surface area contributed by atoms with Gasteiger partial charge in [0.05, 0.1) is 23.4 Å². The second-order valence-corrected chi connectivity index (χ2v) is 8.39. The molecule has 1 aliphatic rings. The number of hydrogen-bond acceptors (Lipinski definition) is 7. The summed E-state index contributed by atoms with van der Waals surface area (Å²) in [4.78, 5) is 49.8. The van der Waals surface area contributed by atoms with E-state index in [1.807, 2.05) is 0 Å². The number of benzene rings is 2. The number of amides is 2. The molecule has 0 radical (unpaired) electrons. The second-order valence-electron chi connectivity index (χ2n) is 8.39. The van der Waals surface area contributed by atoms with Gasteiger partial charge >= 0.3 is 5.97 Å². The zero-order valence-electron chi connectivity index (χ0n) is 19.4. The SMILES string of the molecule is O=C(OCCC1CCCCN1C(=O)c1ccc(NC(=O)c2ccco2)cc1)c1cccc([N+](=O)[O-])c1. The molecule has 1 aromatic heterocycles. The molecule has 0 saturated carbocycles. The van der Waals surface area contributed by atoms with Crippen LogP contribution in [-0.4, -0.2) is 46.8 Å². The normalized spacial score (nSPS) is 15.2. The Bertz CT molecular complexity index is 1240. The van der Waals surface area contributed by atoms with Gasteiger partial charge in [0.1, 0.15) is 0 Å². The summed E-state index contributed by atoms with van der Waals surface area (Å²) in [6.45, 7) is 0.688. The van der Waals surface area contributed by atoms with E-state index in [4.69, 9.17) is 9.15 Å². The molecule has 2 amide bonds. The lowest BCUT2D eigenvalue weighted by Gasteiger charge is -2.36. The quantitative estimate of drug-likeness (QED) is 0.275. The third kappa shape index (κ3) is 5.96. The standard InChI is InChI=1S/C26H25N3O7/c30-24(23-8-4-15-35-23)27-20-11-9-18(10-12-20)25(31)28-14-2-1-6-21(28)13-16-36-26(32)19-5-3-7-22(17-19)29(33)34/h3-5,7-12,15,17,21H,1-2,6,13-14,16H2,(H,27,30). The molecule has 1 unspecified atom stereocenters. The van der Waals surface area contributed by atoms with Gasteiger partial charge in [-0.15, -0.1) is 0 Å². The molecule has 4 rings (SSSR count). The highest BCUT2D eigenvalue weighted by Crippen LogP contribution is 2.23. The van der Waals surface area contributed by atoms with Crippen LogP contribution in [-0.2, 0) is 4.74 Å². The Balaban J connectivity index is 1.33. The molecule has 186 valence electrons. The summed E-state index contributed by atoms with van der Waals surface area (Å²) in [6.07, 6.45) is 4.51. The van der Waals surface area contributed by atoms with Crippen molar-refractivity contribution in [1.29, 1.82) is 0 Å². The first-order chi connectivity index (χ1) is 17.4. The van der Waals surface area contributed by atoms with Crippen LogP contribution in [0, 0.1) is 10.1 Å². The highest BCUT2D eigenvalue weighted by molar-refractivity contribution is 6.02. The number of carbonyl (C=O) groups is 3. The number of hydrogen-bond donors (Lipinski definition) is 1. The van der Waals surface area contributed by atoms with Gasteiger partial charge in [-0.3, -0.25) is 19.7 Å². The van der Waals surface area contributed by atoms with E-state index >= 15 is 0 Å². The number of nitrogens with one attached hydrogen (secondary N) is 1. The number of nitro benzene ring substituents is 1. The average Bonchev–Trinajstić information content (AvgIpc) is 3.44. The van der Waals surface area contributed by atoms with Crippen molar-refractivity contribution in [1.82, 2.24) is 4.90 Å². The summed E-state index contributed by atoms with van der Waals surface area (Å²) in [7, 11) is 0. The Morgan fingerprint density at radius 1 is 1.06 bits per heavy atom. The van der Waals surface area contributed by atoms with Crippen LogP contribution in [0.4, 0.5) is 11.4 Å². The van der Waals surface area contributed by atoms with E-state index in [9.17, 15) is 24.5 Å². The molecule has 1 aliphatic heterocycles. The van der Waals surface area contributed by atoms with Gasteiger partial charge in [0.25, 0.3) is 17.5 Å². The third-order valence-electron chi connectivity index (χ3n) is 6.00. The van der Waals surface area contributed by atoms with Crippen LogP contribution in [0.15, 0.2) is 71.3 Å². The van der Waals surface area contributed by atoms with Gasteiger partial charge in [0.15, 0.2) is 5.76 Å². The van der Waals surface area contributed by atoms with Crippen molar-refractivity contribution in [2.24, 2.45) is 0 Å². The van der Waals surface area contributed by atoms with Crippen LogP contribution in [0.5, 0.6) is 0 Å². The van der Waals surface area contributed by atoms with Gasteiger partial charge in [-0.25, -0.2) is 4.79 Å². The molecule has 10 heteroatoms. The van der Waals surface area contributed by atoms with Crippen molar-refractivity contribution in [3.8, 4) is 0 Å². The van der Waals surface area contributed by atoms with Crippen molar-refractivity contribution in [3.63, 3.8) is 0 Å². The van der Waals surface area contributed by atoms with Crippen LogP contribution < -0.4 is 5.32 Å². The zero-order valence-corrected chi connectivity index (χ0v) is 19.4. The lowest BCUT2D eigenvalue weighted by molar-refractivity contribution is -0.384. The summed E-state index contributed by atoms with van der Waals surface area (Å²) >= 11 is 0. The third-order valence-corrected chi connectivity index (χ3v) is 6.00. The van der Waals surface area contributed by atoms with Crippen LogP contribution in [0.25, 0.3) is 0 Å². The first kappa shape index (κ1) is 24.6. The molecule has 36 heavy (non-hydrogen) atoms. The Morgan fingerprint density at radius 2 is 1.86 bits per heavy atom. The number of piperidine rings is 1. The molecule has 10 nitrogen and oxygen atoms in total. The number of anilines is 1. The van der Waals surface area contributed by atoms with E-state index in [1.54, 1.807) is 41.3 Å². The topological polar surface area (TPSA) is 132 Å². The fourth-order valence-electron chi connectivity index (χ4n) is 4.15. The zero-order chi connectivity index (χ0) is 25.5. The van der Waals surface area contributed by atoms with Gasteiger partial charge in [-0.05, 0) is 61.7 Å². The van der Waals surface area contributed by atoms with Crippen molar-refractivity contribution in [3.05, 3.63) is 93.9 Å². The minimum absolute atomic E-state index is 0.0910. The molecule has 1 fully saturated rings. The molecule has 2 heterocycles. The fraction of sp³-hybridized carbons (Fsp3) is 0.269. The maximum Gasteiger partial charge on any atom is 0.338 e. The molecular weight excluding hydrogens is 466 g/mol. The summed E-state index contributed by atoms with van der Waals surface area (Å²) in [6, 6.07) is 15.1. The van der Waals surface area contributed by atoms with Gasteiger partial charge in [-0.1, -0.05) is 6.07 Å². The maximum atomic E-state index is 13.2. The maximum absolute atomic E-state index is 13.2. The largest absolute Gasteiger partial charge is 0.462 e. The van der Waals surface area contributed by atoms with E-state index in [0.717, 1.165) is 19.3 Å². The molecule has 1 N–H and O–H groups in total. The predicted octanol–water partition coefficient (Wildman–Crippen LogP) is 4.68. The minimum Gasteiger partial charge on any atom is -0.462 e. The molecule has 1 atom stereocenters. The first-order valence-corrected chi connectivity index (χ1v) is 11.6. The smallest absolute Gasteiger partial charge is 0.338 e. The first-order valence-electron chi connectivity index (χ1n) is 11.6. The Kier molecular flexibility index (Phi) is 7.74. The van der Waals surface area contributed by atoms with Gasteiger partial charge in [0.2, 0.25) is 0 Å². The van der Waals surface area contributed by atoms with Gasteiger partial charge in [-0.2, -0.15) is 0 Å². The number of non-ortho nitro benzene ring substituents is 1. The fourth-order valence-corrected chi connectivity index (χ4v) is 4.15. The van der Waals surface area contributed by atoms with Crippen LogP contribution in [0.2, 0.25) is 0 Å². The highest BCUT2D eigenvalue weighted by Gasteiger charge is 2.28. The number of likely N-dealkylation sites (tertiary alicyclic amines) is 1. The van der Waals surface area contributed by atoms with Crippen LogP contribution >= 0.6 is 0 Å². The molecule has 2 aromatic carbocycles. The number of nitrogens with zero attached hydrogens (tertiary/aromatic N) is 2. The minimum atomic E-state index is -0.639. The number of esters is 1. The summed E-state index contributed by atoms with van der Waals surface area (Å²) in [5.74, 6) is -0.958. The molecule has 0 spiro atoms. The Morgan fingerprint density at radius 3 is 2.58 bits per heavy atom. The Labute approximate surface area is 207 Å². The lowest BCUT2D eigenvalue weighted by atomic mass is 9.98. The number of nitro groups is 1. The average molecular weight is 492 g/mol. The van der Waals surface area contributed by atoms with Crippen molar-refractivity contribution in [2.75, 3.05) is 18.5 Å². The van der Waals surface area contributed by atoms with E-state index in [2.05, 4.69) is 5.32 Å². The second kappa shape index (κ2) is 11.3. The molecule has 3 aromatic rings. The summed E-state index contributed by atoms with van der Waals surface area (Å²) in [5.41, 5.74) is 0.961. The number of carbonyl (C=O) groups excluding carboxylic acids is 3. The van der Waals surface area contributed by atoms with E-state index in [-0.39, 0.29) is 41.5 Å². The number of furan rings is 1. The van der Waals surface area contributed by atoms with E-state index in [1.165, 1.54) is 30.5 Å². The number of rotatable bonds is 8. The van der Waals surface area contributed by atoms with Crippen molar-refractivity contribution < 1.29 is 28.5 Å². The number of ether oxygens (including phenoxy) is 1. The highest BCUT2D eigenvalue weighted by atomic mass is 16.6. The molecule has 0 aliphatic carbocycles. The van der Waals surface area contributed by atoms with E-state index < -0.39 is 10.9 Å². The Hall–Kier alpha value is -4.47. The van der Waals surface area contributed by atoms with E-state index in [0.29, 0.717) is 24.2 Å². The van der Waals surface area contributed by atoms with Gasteiger partial charge < -0.3 is 19.4 Å². The molecular formula is C26H25N3O7. The summed E-state index contributed by atoms with van der Waals surface area (Å²) < 4.78 is 10.4.